The molecule has 3 aliphatic carbocycles. The van der Waals surface area contributed by atoms with Gasteiger partial charge in [0, 0.05) is 25.2 Å². The van der Waals surface area contributed by atoms with E-state index in [1.807, 2.05) is 6.07 Å². The van der Waals surface area contributed by atoms with Crippen LogP contribution >= 0.6 is 15.9 Å². The molecule has 4 aliphatic rings. The van der Waals surface area contributed by atoms with Crippen molar-refractivity contribution in [2.24, 2.45) is 17.8 Å². The van der Waals surface area contributed by atoms with Crippen molar-refractivity contribution in [2.45, 2.75) is 44.7 Å². The zero-order chi connectivity index (χ0) is 20.0. The number of nitrogens with one attached hydrogen (secondary N) is 1. The van der Waals surface area contributed by atoms with Gasteiger partial charge in [0.1, 0.15) is 11.6 Å². The molecule has 0 amide bonds. The molecule has 0 spiro atoms. The number of aromatic nitrogens is 2. The molecule has 2 heterocycles. The number of carbonyl (C=O) groups is 1. The fourth-order valence-corrected chi connectivity index (χ4v) is 5.89. The molecule has 29 heavy (non-hydrogen) atoms. The van der Waals surface area contributed by atoms with E-state index in [1.54, 1.807) is 0 Å². The van der Waals surface area contributed by atoms with Crippen LogP contribution in [0.25, 0.3) is 0 Å². The molecule has 0 radical (unpaired) electrons. The number of anilines is 2. The molecule has 2 aromatic rings. The van der Waals surface area contributed by atoms with Crippen molar-refractivity contribution < 1.29 is 9.90 Å². The third-order valence-corrected chi connectivity index (χ3v) is 7.31. The van der Waals surface area contributed by atoms with Gasteiger partial charge in [-0.15, -0.1) is 0 Å². The number of carboxylic acid groups (broad SMARTS) is 1. The van der Waals surface area contributed by atoms with Crippen molar-refractivity contribution >= 4 is 33.5 Å². The van der Waals surface area contributed by atoms with Gasteiger partial charge in [-0.3, -0.25) is 4.79 Å². The number of hydrogen-bond donors (Lipinski definition) is 2. The van der Waals surface area contributed by atoms with E-state index in [0.29, 0.717) is 16.5 Å². The van der Waals surface area contributed by atoms with Crippen LogP contribution in [0.15, 0.2) is 35.1 Å². The molecule has 3 saturated carbocycles. The van der Waals surface area contributed by atoms with E-state index in [9.17, 15) is 9.90 Å². The number of benzene rings is 1. The molecule has 0 saturated heterocycles. The molecule has 6 rings (SSSR count). The van der Waals surface area contributed by atoms with Gasteiger partial charge in [-0.05, 0) is 71.0 Å². The van der Waals surface area contributed by atoms with Gasteiger partial charge in [0.05, 0.1) is 5.92 Å². The van der Waals surface area contributed by atoms with E-state index in [2.05, 4.69) is 60.4 Å². The lowest BCUT2D eigenvalue weighted by Gasteiger charge is -2.47. The number of halogens is 1. The van der Waals surface area contributed by atoms with Gasteiger partial charge in [0.25, 0.3) is 0 Å². The minimum atomic E-state index is -0.683. The second-order valence-electron chi connectivity index (χ2n) is 8.53. The van der Waals surface area contributed by atoms with E-state index in [1.165, 1.54) is 11.1 Å². The summed E-state index contributed by atoms with van der Waals surface area (Å²) in [6.45, 7) is 1.73. The number of hydrogen-bond acceptors (Lipinski definition) is 5. The van der Waals surface area contributed by atoms with E-state index < -0.39 is 5.97 Å². The van der Waals surface area contributed by atoms with Crippen molar-refractivity contribution in [2.75, 3.05) is 16.8 Å². The van der Waals surface area contributed by atoms with Crippen LogP contribution in [-0.2, 0) is 17.8 Å². The van der Waals surface area contributed by atoms with Gasteiger partial charge < -0.3 is 15.3 Å². The number of fused-ring (bicyclic) bond motifs is 4. The Morgan fingerprint density at radius 1 is 1.10 bits per heavy atom. The largest absolute Gasteiger partial charge is 0.481 e. The summed E-state index contributed by atoms with van der Waals surface area (Å²) in [5, 5.41) is 13.3. The van der Waals surface area contributed by atoms with Crippen LogP contribution in [0.3, 0.4) is 0 Å². The van der Waals surface area contributed by atoms with Crippen LogP contribution in [0.2, 0.25) is 0 Å². The fraction of sp³-hybridized carbons (Fsp3) is 0.500. The monoisotopic (exact) mass is 456 g/mol. The van der Waals surface area contributed by atoms with Gasteiger partial charge in [-0.2, -0.15) is 0 Å². The Kier molecular flexibility index (Phi) is 4.94. The first-order chi connectivity index (χ1) is 14.1. The van der Waals surface area contributed by atoms with Crippen molar-refractivity contribution in [1.29, 1.82) is 0 Å². The second-order valence-corrected chi connectivity index (χ2v) is 9.24. The lowest BCUT2D eigenvalue weighted by atomic mass is 9.61. The predicted octanol–water partition coefficient (Wildman–Crippen LogP) is 4.10. The van der Waals surface area contributed by atoms with Gasteiger partial charge in [-0.25, -0.2) is 9.97 Å². The standard InChI is InChI=1S/C22H25BrN4O2/c23-22-25-17(24-20-15-7-5-14(6-8-15)19(20)21(28)29)11-18(26-22)27-10-9-13-3-1-2-4-16(13)12-27/h1-4,11,14-15,19-20H,5-10,12H2,(H,28,29)(H,24,25,26)/t14?,15?,19-,20-/m1/s1. The Morgan fingerprint density at radius 2 is 1.83 bits per heavy atom. The molecule has 1 aliphatic heterocycles. The van der Waals surface area contributed by atoms with Gasteiger partial charge >= 0.3 is 5.97 Å². The van der Waals surface area contributed by atoms with Gasteiger partial charge in [-0.1, -0.05) is 24.3 Å². The Balaban J connectivity index is 1.39. The quantitative estimate of drug-likeness (QED) is 0.674. The van der Waals surface area contributed by atoms with E-state index in [-0.39, 0.29) is 17.9 Å². The first kappa shape index (κ1) is 18.9. The fourth-order valence-electron chi connectivity index (χ4n) is 5.52. The van der Waals surface area contributed by atoms with Crippen LogP contribution in [0.5, 0.6) is 0 Å². The molecule has 7 heteroatoms. The number of carboxylic acids is 1. The number of rotatable bonds is 4. The SMILES string of the molecule is O=C(O)[C@@H]1C2CCC(CC2)[C@H]1Nc1cc(N2CCc3ccccc3C2)nc(Br)n1. The molecule has 2 N–H and O–H groups in total. The highest BCUT2D eigenvalue weighted by atomic mass is 79.9. The van der Waals surface area contributed by atoms with Crippen molar-refractivity contribution in [3.05, 3.63) is 46.2 Å². The van der Waals surface area contributed by atoms with Crippen molar-refractivity contribution in [1.82, 2.24) is 9.97 Å². The number of nitrogens with zero attached hydrogens (tertiary/aromatic N) is 3. The molecule has 152 valence electrons. The van der Waals surface area contributed by atoms with Crippen LogP contribution in [0.1, 0.15) is 36.8 Å². The smallest absolute Gasteiger partial charge is 0.308 e. The van der Waals surface area contributed by atoms with Gasteiger partial charge in [0.2, 0.25) is 0 Å². The highest BCUT2D eigenvalue weighted by Crippen LogP contribution is 2.46. The molecule has 2 bridgehead atoms. The van der Waals surface area contributed by atoms with Gasteiger partial charge in [0.15, 0.2) is 4.73 Å². The maximum atomic E-state index is 12.0. The maximum Gasteiger partial charge on any atom is 0.308 e. The summed E-state index contributed by atoms with van der Waals surface area (Å²) in [7, 11) is 0. The Hall–Kier alpha value is -2.15. The third-order valence-electron chi connectivity index (χ3n) is 6.96. The molecule has 6 nitrogen and oxygen atoms in total. The summed E-state index contributed by atoms with van der Waals surface area (Å²) >= 11 is 3.46. The van der Waals surface area contributed by atoms with Crippen LogP contribution in [0, 0.1) is 17.8 Å². The Morgan fingerprint density at radius 3 is 2.59 bits per heavy atom. The highest BCUT2D eigenvalue weighted by molar-refractivity contribution is 9.10. The topological polar surface area (TPSA) is 78.4 Å². The lowest BCUT2D eigenvalue weighted by Crippen LogP contribution is -2.51. The average molecular weight is 457 g/mol. The Labute approximate surface area is 178 Å². The lowest BCUT2D eigenvalue weighted by molar-refractivity contribution is -0.148. The molecule has 1 aromatic heterocycles. The first-order valence-corrected chi connectivity index (χ1v) is 11.2. The molecule has 0 unspecified atom stereocenters. The zero-order valence-corrected chi connectivity index (χ0v) is 17.8. The molecule has 1 aromatic carbocycles. The minimum absolute atomic E-state index is 0.0586. The summed E-state index contributed by atoms with van der Waals surface area (Å²) in [5.74, 6) is 1.25. The van der Waals surface area contributed by atoms with E-state index in [4.69, 9.17) is 0 Å². The summed E-state index contributed by atoms with van der Waals surface area (Å²) < 4.78 is 0.532. The van der Waals surface area contributed by atoms with Crippen molar-refractivity contribution in [3.8, 4) is 0 Å². The van der Waals surface area contributed by atoms with Crippen molar-refractivity contribution in [3.63, 3.8) is 0 Å². The van der Waals surface area contributed by atoms with Crippen LogP contribution in [0.4, 0.5) is 11.6 Å². The predicted molar refractivity (Wildman–Crippen MR) is 115 cm³/mol. The summed E-state index contributed by atoms with van der Waals surface area (Å²) in [6, 6.07) is 10.5. The maximum absolute atomic E-state index is 12.0. The highest BCUT2D eigenvalue weighted by Gasteiger charge is 2.47. The molecule has 2 atom stereocenters. The minimum Gasteiger partial charge on any atom is -0.481 e. The molecular weight excluding hydrogens is 432 g/mol. The summed E-state index contributed by atoms with van der Waals surface area (Å²) in [5.41, 5.74) is 2.73. The second kappa shape index (κ2) is 7.59. The molecular formula is C22H25BrN4O2. The molecule has 3 fully saturated rings. The Bertz CT molecular complexity index is 929. The van der Waals surface area contributed by atoms with Crippen LogP contribution < -0.4 is 10.2 Å². The van der Waals surface area contributed by atoms with E-state index in [0.717, 1.165) is 51.0 Å². The first-order valence-electron chi connectivity index (χ1n) is 10.4. The van der Waals surface area contributed by atoms with E-state index >= 15 is 0 Å². The zero-order valence-electron chi connectivity index (χ0n) is 16.2. The van der Waals surface area contributed by atoms with Crippen LogP contribution in [-0.4, -0.2) is 33.6 Å². The normalized spacial score (nSPS) is 28.1. The third kappa shape index (κ3) is 3.61. The summed E-state index contributed by atoms with van der Waals surface area (Å²) in [4.78, 5) is 23.3. The average Bonchev–Trinajstić information content (AvgIpc) is 2.73. The summed E-state index contributed by atoms with van der Waals surface area (Å²) in [6.07, 6.45) is 5.27. The number of aliphatic carboxylic acids is 1.